The summed E-state index contributed by atoms with van der Waals surface area (Å²) in [4.78, 5) is 28.0. The summed E-state index contributed by atoms with van der Waals surface area (Å²) in [5.74, 6) is -2.88. The predicted molar refractivity (Wildman–Crippen MR) is 109 cm³/mol. The second-order valence-electron chi connectivity index (χ2n) is 8.07. The average Bonchev–Trinajstić information content (AvgIpc) is 2.72. The van der Waals surface area contributed by atoms with E-state index in [1.807, 2.05) is 0 Å². The first-order chi connectivity index (χ1) is 14.7. The van der Waals surface area contributed by atoms with Crippen LogP contribution in [-0.4, -0.2) is 70.5 Å². The van der Waals surface area contributed by atoms with Crippen molar-refractivity contribution in [1.82, 2.24) is 14.1 Å². The Morgan fingerprint density at radius 1 is 1.16 bits per heavy atom. The number of nitrogens with two attached hydrogens (primary N) is 1. The zero-order valence-electron chi connectivity index (χ0n) is 16.9. The molecule has 168 valence electrons. The summed E-state index contributed by atoms with van der Waals surface area (Å²) in [5, 5.41) is 10.5. The quantitative estimate of drug-likeness (QED) is 0.691. The molecule has 0 radical (unpaired) electrons. The monoisotopic (exact) mass is 452 g/mol. The van der Waals surface area contributed by atoms with Gasteiger partial charge in [0.25, 0.3) is 11.8 Å². The van der Waals surface area contributed by atoms with Crippen LogP contribution >= 0.6 is 0 Å². The van der Waals surface area contributed by atoms with Gasteiger partial charge in [0, 0.05) is 19.6 Å². The average molecular weight is 453 g/mol. The van der Waals surface area contributed by atoms with Crippen LogP contribution in [0, 0.1) is 5.82 Å². The van der Waals surface area contributed by atoms with Crippen molar-refractivity contribution in [2.24, 2.45) is 5.73 Å². The lowest BCUT2D eigenvalue weighted by molar-refractivity contribution is -0.147. The molecular formula is C20H25FN4O5S. The summed E-state index contributed by atoms with van der Waals surface area (Å²) >= 11 is 0. The van der Waals surface area contributed by atoms with Crippen LogP contribution in [0.3, 0.4) is 0 Å². The predicted octanol–water partition coefficient (Wildman–Crippen LogP) is 0.639. The van der Waals surface area contributed by atoms with Crippen LogP contribution in [0.1, 0.15) is 31.2 Å². The van der Waals surface area contributed by atoms with E-state index in [9.17, 15) is 27.5 Å². The molecule has 0 spiro atoms. The first-order valence-electron chi connectivity index (χ1n) is 10.3. The standard InChI is InChI=1S/C20H25FN4O5S/c21-14-7-5-13(6-8-14)12-24-16(18(22)27)17(26)20(28)23-9-3-4-15(19(23)24)25-10-1-2-11-31(25,29)30/h5-8,15,19,26H,1-4,9-12H2,(H2,22,27). The number of rotatable bonds is 4. The van der Waals surface area contributed by atoms with Gasteiger partial charge >= 0.3 is 0 Å². The van der Waals surface area contributed by atoms with Crippen molar-refractivity contribution in [3.05, 3.63) is 47.1 Å². The number of hydrogen-bond acceptors (Lipinski definition) is 6. The van der Waals surface area contributed by atoms with Gasteiger partial charge in [-0.25, -0.2) is 12.8 Å². The molecule has 11 heteroatoms. The Hall–Kier alpha value is -2.66. The van der Waals surface area contributed by atoms with Crippen LogP contribution < -0.4 is 5.73 Å². The number of carbonyl (C=O) groups excluding carboxylic acids is 2. The van der Waals surface area contributed by atoms with E-state index in [1.165, 1.54) is 38.4 Å². The van der Waals surface area contributed by atoms with Crippen LogP contribution in [0.25, 0.3) is 0 Å². The van der Waals surface area contributed by atoms with Crippen molar-refractivity contribution < 1.29 is 27.5 Å². The van der Waals surface area contributed by atoms with E-state index in [-0.39, 0.29) is 18.0 Å². The van der Waals surface area contributed by atoms with E-state index in [2.05, 4.69) is 0 Å². The van der Waals surface area contributed by atoms with Crippen LogP contribution in [0.2, 0.25) is 0 Å². The van der Waals surface area contributed by atoms with Gasteiger partial charge in [0.2, 0.25) is 15.8 Å². The minimum absolute atomic E-state index is 0.0336. The molecule has 4 rings (SSSR count). The third-order valence-corrected chi connectivity index (χ3v) is 8.09. The number of piperidine rings is 1. The molecule has 0 bridgehead atoms. The molecule has 1 aromatic carbocycles. The van der Waals surface area contributed by atoms with E-state index in [0.717, 1.165) is 0 Å². The molecule has 1 aromatic rings. The van der Waals surface area contributed by atoms with Gasteiger partial charge < -0.3 is 20.6 Å². The Bertz CT molecular complexity index is 1030. The summed E-state index contributed by atoms with van der Waals surface area (Å²) in [6, 6.07) is 5.00. The normalized spacial score (nSPS) is 26.7. The molecule has 0 aromatic heterocycles. The summed E-state index contributed by atoms with van der Waals surface area (Å²) in [7, 11) is -3.52. The highest BCUT2D eigenvalue weighted by Crippen LogP contribution is 2.36. The fourth-order valence-corrected chi connectivity index (χ4v) is 6.59. The third-order valence-electron chi connectivity index (χ3n) is 6.11. The van der Waals surface area contributed by atoms with E-state index in [1.54, 1.807) is 0 Å². The summed E-state index contributed by atoms with van der Waals surface area (Å²) < 4.78 is 40.5. The second-order valence-corrected chi connectivity index (χ2v) is 10.1. The van der Waals surface area contributed by atoms with Crippen molar-refractivity contribution in [2.75, 3.05) is 18.8 Å². The molecule has 31 heavy (non-hydrogen) atoms. The second kappa shape index (κ2) is 8.12. The number of primary amides is 1. The molecule has 0 aliphatic carbocycles. The Balaban J connectivity index is 1.80. The molecule has 3 aliphatic rings. The van der Waals surface area contributed by atoms with Gasteiger partial charge in [0.15, 0.2) is 5.70 Å². The molecule has 2 unspecified atom stereocenters. The molecule has 9 nitrogen and oxygen atoms in total. The minimum Gasteiger partial charge on any atom is -0.501 e. The highest BCUT2D eigenvalue weighted by atomic mass is 32.2. The smallest absolute Gasteiger partial charge is 0.292 e. The molecule has 0 saturated carbocycles. The SMILES string of the molecule is NC(=O)C1=C(O)C(=O)N2CCCC(N3CCCCS3(=O)=O)C2N1Cc1ccc(F)cc1. The molecule has 2 fully saturated rings. The zero-order chi connectivity index (χ0) is 22.3. The van der Waals surface area contributed by atoms with Crippen molar-refractivity contribution in [3.63, 3.8) is 0 Å². The van der Waals surface area contributed by atoms with E-state index < -0.39 is 45.6 Å². The van der Waals surface area contributed by atoms with Gasteiger partial charge in [0.05, 0.1) is 11.8 Å². The van der Waals surface area contributed by atoms with Crippen LogP contribution in [0.5, 0.6) is 0 Å². The number of hydrogen-bond donors (Lipinski definition) is 2. The van der Waals surface area contributed by atoms with Gasteiger partial charge in [-0.05, 0) is 43.4 Å². The highest BCUT2D eigenvalue weighted by Gasteiger charge is 2.50. The van der Waals surface area contributed by atoms with Gasteiger partial charge in [-0.1, -0.05) is 12.1 Å². The number of sulfonamides is 1. The Kier molecular flexibility index (Phi) is 5.65. The van der Waals surface area contributed by atoms with E-state index in [0.29, 0.717) is 44.3 Å². The van der Waals surface area contributed by atoms with Gasteiger partial charge in [-0.2, -0.15) is 4.31 Å². The Labute approximate surface area is 179 Å². The maximum atomic E-state index is 13.4. The van der Waals surface area contributed by atoms with Gasteiger partial charge in [-0.15, -0.1) is 0 Å². The summed E-state index contributed by atoms with van der Waals surface area (Å²) in [6.45, 7) is 0.683. The van der Waals surface area contributed by atoms with Crippen LogP contribution in [0.4, 0.5) is 4.39 Å². The lowest BCUT2D eigenvalue weighted by atomic mass is 9.96. The van der Waals surface area contributed by atoms with Crippen LogP contribution in [-0.2, 0) is 26.2 Å². The molecule has 2 amide bonds. The van der Waals surface area contributed by atoms with Crippen molar-refractivity contribution >= 4 is 21.8 Å². The molecule has 2 atom stereocenters. The molecular weight excluding hydrogens is 427 g/mol. The lowest BCUT2D eigenvalue weighted by Gasteiger charge is -2.53. The number of nitrogens with zero attached hydrogens (tertiary/aromatic N) is 3. The Morgan fingerprint density at radius 2 is 1.87 bits per heavy atom. The number of aliphatic hydroxyl groups excluding tert-OH is 1. The van der Waals surface area contributed by atoms with Crippen molar-refractivity contribution in [3.8, 4) is 0 Å². The third kappa shape index (κ3) is 3.87. The van der Waals surface area contributed by atoms with Crippen molar-refractivity contribution in [1.29, 1.82) is 0 Å². The lowest BCUT2D eigenvalue weighted by Crippen LogP contribution is -2.68. The fourth-order valence-electron chi connectivity index (χ4n) is 4.75. The van der Waals surface area contributed by atoms with Crippen molar-refractivity contribution in [2.45, 2.75) is 44.4 Å². The number of amides is 2. The van der Waals surface area contributed by atoms with E-state index in [4.69, 9.17) is 5.73 Å². The number of halogens is 1. The minimum atomic E-state index is -3.52. The fraction of sp³-hybridized carbons (Fsp3) is 0.500. The highest BCUT2D eigenvalue weighted by molar-refractivity contribution is 7.89. The summed E-state index contributed by atoms with van der Waals surface area (Å²) in [5.41, 5.74) is 5.79. The summed E-state index contributed by atoms with van der Waals surface area (Å²) in [6.07, 6.45) is 1.53. The van der Waals surface area contributed by atoms with Crippen LogP contribution in [0.15, 0.2) is 35.7 Å². The molecule has 2 saturated heterocycles. The first kappa shape index (κ1) is 21.6. The molecule has 3 aliphatic heterocycles. The van der Waals surface area contributed by atoms with E-state index >= 15 is 0 Å². The molecule has 3 N–H and O–H groups in total. The number of carbonyl (C=O) groups is 2. The zero-order valence-corrected chi connectivity index (χ0v) is 17.7. The Morgan fingerprint density at radius 3 is 2.52 bits per heavy atom. The van der Waals surface area contributed by atoms with Gasteiger partial charge in [0.1, 0.15) is 12.0 Å². The van der Waals surface area contributed by atoms with Gasteiger partial charge in [-0.3, -0.25) is 9.59 Å². The number of benzene rings is 1. The largest absolute Gasteiger partial charge is 0.501 e. The number of aliphatic hydroxyl groups is 1. The maximum absolute atomic E-state index is 13.4. The maximum Gasteiger partial charge on any atom is 0.292 e. The molecule has 3 heterocycles. The first-order valence-corrected chi connectivity index (χ1v) is 11.9. The topological polar surface area (TPSA) is 124 Å². The number of fused-ring (bicyclic) bond motifs is 1.